The highest BCUT2D eigenvalue weighted by Gasteiger charge is 2.09. The molecule has 1 atom stereocenters. The molecule has 1 unspecified atom stereocenters. The van der Waals surface area contributed by atoms with Crippen LogP contribution in [-0.4, -0.2) is 28.8 Å². The standard InChI is InChI=1S/C14H18FNO3S/c1-10(2-7-14(18)19)16-13(17)8-9-20-12-5-3-11(15)4-6-12/h3-6,10H,2,7-9H2,1H3,(H,16,17)(H,18,19). The Balaban J connectivity index is 2.19. The van der Waals surface area contributed by atoms with E-state index < -0.39 is 5.97 Å². The molecule has 6 heteroatoms. The summed E-state index contributed by atoms with van der Waals surface area (Å²) in [5.74, 6) is -0.641. The van der Waals surface area contributed by atoms with Gasteiger partial charge in [-0.2, -0.15) is 0 Å². The lowest BCUT2D eigenvalue weighted by Gasteiger charge is -2.12. The number of amides is 1. The topological polar surface area (TPSA) is 66.4 Å². The molecule has 0 radical (unpaired) electrons. The Morgan fingerprint density at radius 3 is 2.55 bits per heavy atom. The average Bonchev–Trinajstić information content (AvgIpc) is 2.38. The molecule has 1 amide bonds. The minimum Gasteiger partial charge on any atom is -0.481 e. The largest absolute Gasteiger partial charge is 0.481 e. The Kier molecular flexibility index (Phi) is 7.08. The van der Waals surface area contributed by atoms with Crippen molar-refractivity contribution in [1.82, 2.24) is 5.32 Å². The summed E-state index contributed by atoms with van der Waals surface area (Å²) in [7, 11) is 0. The SMILES string of the molecule is CC(CCC(=O)O)NC(=O)CCSc1ccc(F)cc1. The molecule has 0 spiro atoms. The number of benzene rings is 1. The predicted octanol–water partition coefficient (Wildman–Crippen LogP) is 2.68. The zero-order valence-corrected chi connectivity index (χ0v) is 12.1. The smallest absolute Gasteiger partial charge is 0.303 e. The molecule has 1 aromatic carbocycles. The van der Waals surface area contributed by atoms with Crippen molar-refractivity contribution in [2.45, 2.75) is 37.1 Å². The minimum atomic E-state index is -0.863. The van der Waals surface area contributed by atoms with Crippen LogP contribution in [0.2, 0.25) is 0 Å². The number of carboxylic acids is 1. The van der Waals surface area contributed by atoms with Gasteiger partial charge in [-0.3, -0.25) is 9.59 Å². The van der Waals surface area contributed by atoms with Gasteiger partial charge in [0, 0.05) is 29.5 Å². The van der Waals surface area contributed by atoms with E-state index in [2.05, 4.69) is 5.32 Å². The average molecular weight is 299 g/mol. The molecule has 0 heterocycles. The number of nitrogens with one attached hydrogen (secondary N) is 1. The van der Waals surface area contributed by atoms with E-state index in [0.29, 0.717) is 18.6 Å². The summed E-state index contributed by atoms with van der Waals surface area (Å²) in [6.45, 7) is 1.79. The quantitative estimate of drug-likeness (QED) is 0.724. The number of carbonyl (C=O) groups is 2. The molecule has 0 fully saturated rings. The van der Waals surface area contributed by atoms with Crippen LogP contribution in [0.5, 0.6) is 0 Å². The molecule has 1 aromatic rings. The number of aliphatic carboxylic acids is 1. The van der Waals surface area contributed by atoms with Crippen molar-refractivity contribution in [2.24, 2.45) is 0 Å². The van der Waals surface area contributed by atoms with Crippen LogP contribution in [-0.2, 0) is 9.59 Å². The zero-order valence-electron chi connectivity index (χ0n) is 11.3. The fourth-order valence-corrected chi connectivity index (χ4v) is 2.40. The van der Waals surface area contributed by atoms with Crippen molar-refractivity contribution in [1.29, 1.82) is 0 Å². The molecule has 0 saturated carbocycles. The molecule has 2 N–H and O–H groups in total. The van der Waals surface area contributed by atoms with Gasteiger partial charge in [0.25, 0.3) is 0 Å². The molecular weight excluding hydrogens is 281 g/mol. The minimum absolute atomic E-state index is 0.0474. The van der Waals surface area contributed by atoms with Crippen molar-refractivity contribution < 1.29 is 19.1 Å². The van der Waals surface area contributed by atoms with E-state index in [1.807, 2.05) is 0 Å². The van der Waals surface area contributed by atoms with E-state index >= 15 is 0 Å². The number of carbonyl (C=O) groups excluding carboxylic acids is 1. The van der Waals surface area contributed by atoms with Crippen LogP contribution in [0.1, 0.15) is 26.2 Å². The molecule has 0 aliphatic rings. The van der Waals surface area contributed by atoms with Crippen molar-refractivity contribution in [3.8, 4) is 0 Å². The summed E-state index contributed by atoms with van der Waals surface area (Å²) >= 11 is 1.48. The van der Waals surface area contributed by atoms with Crippen LogP contribution in [0.25, 0.3) is 0 Å². The van der Waals surface area contributed by atoms with Gasteiger partial charge < -0.3 is 10.4 Å². The van der Waals surface area contributed by atoms with E-state index in [-0.39, 0.29) is 24.2 Å². The summed E-state index contributed by atoms with van der Waals surface area (Å²) in [6, 6.07) is 5.97. The number of halogens is 1. The Hall–Kier alpha value is -1.56. The van der Waals surface area contributed by atoms with Gasteiger partial charge in [-0.15, -0.1) is 11.8 Å². The van der Waals surface area contributed by atoms with Gasteiger partial charge in [0.15, 0.2) is 0 Å². The second kappa shape index (κ2) is 8.58. The molecule has 0 aliphatic carbocycles. The predicted molar refractivity (Wildman–Crippen MR) is 76.2 cm³/mol. The second-order valence-corrected chi connectivity index (χ2v) is 5.62. The number of rotatable bonds is 8. The van der Waals surface area contributed by atoms with Gasteiger partial charge in [-0.05, 0) is 37.6 Å². The van der Waals surface area contributed by atoms with Crippen LogP contribution in [0.4, 0.5) is 4.39 Å². The molecule has 0 aromatic heterocycles. The zero-order chi connectivity index (χ0) is 15.0. The normalized spacial score (nSPS) is 11.9. The van der Waals surface area contributed by atoms with Gasteiger partial charge in [-0.1, -0.05) is 0 Å². The number of hydrogen-bond acceptors (Lipinski definition) is 3. The molecule has 4 nitrogen and oxygen atoms in total. The van der Waals surface area contributed by atoms with Crippen LogP contribution in [0, 0.1) is 5.82 Å². The van der Waals surface area contributed by atoms with Gasteiger partial charge in [-0.25, -0.2) is 4.39 Å². The molecule has 110 valence electrons. The molecule has 0 bridgehead atoms. The summed E-state index contributed by atoms with van der Waals surface area (Å²) in [6.07, 6.45) is 0.817. The molecule has 0 saturated heterocycles. The van der Waals surface area contributed by atoms with Gasteiger partial charge >= 0.3 is 5.97 Å². The first-order valence-electron chi connectivity index (χ1n) is 6.37. The van der Waals surface area contributed by atoms with Crippen molar-refractivity contribution >= 4 is 23.6 Å². The third-order valence-corrected chi connectivity index (χ3v) is 3.62. The Morgan fingerprint density at radius 1 is 1.30 bits per heavy atom. The highest BCUT2D eigenvalue weighted by atomic mass is 32.2. The van der Waals surface area contributed by atoms with Crippen LogP contribution < -0.4 is 5.32 Å². The van der Waals surface area contributed by atoms with Crippen LogP contribution in [0.3, 0.4) is 0 Å². The first kappa shape index (κ1) is 16.5. The number of hydrogen-bond donors (Lipinski definition) is 2. The fourth-order valence-electron chi connectivity index (χ4n) is 1.55. The maximum Gasteiger partial charge on any atom is 0.303 e. The van der Waals surface area contributed by atoms with Gasteiger partial charge in [0.2, 0.25) is 5.91 Å². The molecule has 0 aliphatic heterocycles. The molecular formula is C14H18FNO3S. The monoisotopic (exact) mass is 299 g/mol. The highest BCUT2D eigenvalue weighted by Crippen LogP contribution is 2.18. The first-order valence-corrected chi connectivity index (χ1v) is 7.35. The maximum absolute atomic E-state index is 12.7. The summed E-state index contributed by atoms with van der Waals surface area (Å²) in [5.41, 5.74) is 0. The molecule has 20 heavy (non-hydrogen) atoms. The van der Waals surface area contributed by atoms with Gasteiger partial charge in [0.1, 0.15) is 5.82 Å². The lowest BCUT2D eigenvalue weighted by molar-refractivity contribution is -0.137. The van der Waals surface area contributed by atoms with E-state index in [0.717, 1.165) is 4.90 Å². The fraction of sp³-hybridized carbons (Fsp3) is 0.429. The summed E-state index contributed by atoms with van der Waals surface area (Å²) in [4.78, 5) is 22.9. The van der Waals surface area contributed by atoms with Crippen LogP contribution in [0.15, 0.2) is 29.2 Å². The lowest BCUT2D eigenvalue weighted by atomic mass is 10.2. The Bertz CT molecular complexity index is 450. The van der Waals surface area contributed by atoms with E-state index in [1.54, 1.807) is 19.1 Å². The molecule has 1 rings (SSSR count). The Labute approximate surface area is 121 Å². The second-order valence-electron chi connectivity index (χ2n) is 4.45. The third kappa shape index (κ3) is 7.13. The summed E-state index contributed by atoms with van der Waals surface area (Å²) in [5, 5.41) is 11.3. The highest BCUT2D eigenvalue weighted by molar-refractivity contribution is 7.99. The van der Waals surface area contributed by atoms with E-state index in [4.69, 9.17) is 5.11 Å². The third-order valence-electron chi connectivity index (χ3n) is 2.61. The Morgan fingerprint density at radius 2 is 1.95 bits per heavy atom. The van der Waals surface area contributed by atoms with Gasteiger partial charge in [0.05, 0.1) is 0 Å². The van der Waals surface area contributed by atoms with Crippen molar-refractivity contribution in [3.05, 3.63) is 30.1 Å². The summed E-state index contributed by atoms with van der Waals surface area (Å²) < 4.78 is 12.7. The number of thioether (sulfide) groups is 1. The van der Waals surface area contributed by atoms with Crippen molar-refractivity contribution in [2.75, 3.05) is 5.75 Å². The maximum atomic E-state index is 12.7. The van der Waals surface area contributed by atoms with E-state index in [1.165, 1.54) is 23.9 Å². The first-order chi connectivity index (χ1) is 9.47. The van der Waals surface area contributed by atoms with Crippen molar-refractivity contribution in [3.63, 3.8) is 0 Å². The van der Waals surface area contributed by atoms with E-state index in [9.17, 15) is 14.0 Å². The number of carboxylic acid groups (broad SMARTS) is 1. The van der Waals surface area contributed by atoms with Crippen LogP contribution >= 0.6 is 11.8 Å². The lowest BCUT2D eigenvalue weighted by Crippen LogP contribution is -2.33.